The Kier molecular flexibility index (Phi) is 3.15. The second-order valence-electron chi connectivity index (χ2n) is 3.85. The average molecular weight is 227 g/mol. The predicted octanol–water partition coefficient (Wildman–Crippen LogP) is 2.75. The summed E-state index contributed by atoms with van der Waals surface area (Å²) < 4.78 is 1.81. The Bertz CT molecular complexity index is 590. The summed E-state index contributed by atoms with van der Waals surface area (Å²) >= 11 is 0. The molecule has 0 unspecified atom stereocenters. The van der Waals surface area contributed by atoms with Gasteiger partial charge in [0.1, 0.15) is 5.69 Å². The summed E-state index contributed by atoms with van der Waals surface area (Å²) in [6, 6.07) is 9.36. The molecule has 0 saturated carbocycles. The first-order valence-electron chi connectivity index (χ1n) is 5.49. The lowest BCUT2D eigenvalue weighted by molar-refractivity contribution is 0.0685. The molecule has 0 fully saturated rings. The summed E-state index contributed by atoms with van der Waals surface area (Å²) in [5, 5.41) is 10.1. The maximum absolute atomic E-state index is 11.2. The van der Waals surface area contributed by atoms with Crippen LogP contribution in [0, 0.1) is 12.3 Å². The van der Waals surface area contributed by atoms with Crippen molar-refractivity contribution in [3.63, 3.8) is 0 Å². The zero-order valence-corrected chi connectivity index (χ0v) is 9.39. The fourth-order valence-electron chi connectivity index (χ4n) is 1.97. The molecule has 0 aliphatic heterocycles. The largest absolute Gasteiger partial charge is 0.477 e. The molecular formula is C14H13NO2. The van der Waals surface area contributed by atoms with Gasteiger partial charge in [0, 0.05) is 23.9 Å². The van der Waals surface area contributed by atoms with Crippen LogP contribution in [0.5, 0.6) is 0 Å². The third-order valence-corrected chi connectivity index (χ3v) is 2.73. The Morgan fingerprint density at radius 3 is 2.88 bits per heavy atom. The van der Waals surface area contributed by atoms with Gasteiger partial charge in [0.25, 0.3) is 0 Å². The second-order valence-corrected chi connectivity index (χ2v) is 3.85. The van der Waals surface area contributed by atoms with E-state index in [0.29, 0.717) is 18.7 Å². The number of aromatic nitrogens is 1. The number of carboxylic acids is 1. The number of terminal acetylenes is 1. The number of unbranched alkanes of at least 4 members (excludes halogenated alkanes) is 1. The molecule has 1 aromatic carbocycles. The first-order valence-corrected chi connectivity index (χ1v) is 5.49. The van der Waals surface area contributed by atoms with Crippen molar-refractivity contribution in [2.75, 3.05) is 0 Å². The number of rotatable bonds is 4. The van der Waals surface area contributed by atoms with Crippen LogP contribution in [0.1, 0.15) is 23.3 Å². The number of aromatic carboxylic acids is 1. The molecule has 0 atom stereocenters. The fraction of sp³-hybridized carbons (Fsp3) is 0.214. The predicted molar refractivity (Wildman–Crippen MR) is 67.0 cm³/mol. The van der Waals surface area contributed by atoms with Crippen LogP contribution < -0.4 is 0 Å². The van der Waals surface area contributed by atoms with Gasteiger partial charge in [-0.15, -0.1) is 12.3 Å². The standard InChI is InChI=1S/C14H13NO2/c1-2-3-6-9-15-12-8-5-4-7-11(12)10-13(15)14(16)17/h1,4-5,7-8,10H,3,6,9H2,(H,16,17). The van der Waals surface area contributed by atoms with Gasteiger partial charge < -0.3 is 9.67 Å². The van der Waals surface area contributed by atoms with Crippen molar-refractivity contribution in [3.8, 4) is 12.3 Å². The van der Waals surface area contributed by atoms with Crippen LogP contribution in [-0.4, -0.2) is 15.6 Å². The van der Waals surface area contributed by atoms with Gasteiger partial charge in [0.05, 0.1) is 0 Å². The highest BCUT2D eigenvalue weighted by Gasteiger charge is 2.13. The van der Waals surface area contributed by atoms with E-state index in [-0.39, 0.29) is 0 Å². The molecule has 3 nitrogen and oxygen atoms in total. The van der Waals surface area contributed by atoms with Crippen LogP contribution in [0.3, 0.4) is 0 Å². The minimum absolute atomic E-state index is 0.322. The third-order valence-electron chi connectivity index (χ3n) is 2.73. The van der Waals surface area contributed by atoms with Crippen LogP contribution in [-0.2, 0) is 6.54 Å². The molecule has 0 amide bonds. The summed E-state index contributed by atoms with van der Waals surface area (Å²) in [6.45, 7) is 0.638. The molecule has 1 N–H and O–H groups in total. The van der Waals surface area contributed by atoms with E-state index in [0.717, 1.165) is 17.3 Å². The minimum atomic E-state index is -0.901. The SMILES string of the molecule is C#CCCCn1c(C(=O)O)cc2ccccc21. The number of carboxylic acid groups (broad SMARTS) is 1. The number of nitrogens with zero attached hydrogens (tertiary/aromatic N) is 1. The zero-order chi connectivity index (χ0) is 12.3. The minimum Gasteiger partial charge on any atom is -0.477 e. The number of benzene rings is 1. The van der Waals surface area contributed by atoms with Gasteiger partial charge in [-0.05, 0) is 18.6 Å². The van der Waals surface area contributed by atoms with Crippen LogP contribution >= 0.6 is 0 Å². The first kappa shape index (κ1) is 11.3. The summed E-state index contributed by atoms with van der Waals surface area (Å²) in [4.78, 5) is 11.2. The van der Waals surface area contributed by atoms with E-state index in [2.05, 4.69) is 5.92 Å². The number of hydrogen-bond acceptors (Lipinski definition) is 1. The fourth-order valence-corrected chi connectivity index (χ4v) is 1.97. The van der Waals surface area contributed by atoms with E-state index in [1.807, 2.05) is 28.8 Å². The van der Waals surface area contributed by atoms with Crippen LogP contribution in [0.2, 0.25) is 0 Å². The third kappa shape index (κ3) is 2.16. The lowest BCUT2D eigenvalue weighted by Gasteiger charge is -2.06. The van der Waals surface area contributed by atoms with Crippen molar-refractivity contribution < 1.29 is 9.90 Å². The molecule has 17 heavy (non-hydrogen) atoms. The summed E-state index contributed by atoms with van der Waals surface area (Å²) in [5.74, 6) is 1.67. The van der Waals surface area contributed by atoms with Crippen LogP contribution in [0.25, 0.3) is 10.9 Å². The molecule has 0 aliphatic rings. The summed E-state index contributed by atoms with van der Waals surface area (Å²) in [5.41, 5.74) is 1.27. The average Bonchev–Trinajstić information content (AvgIpc) is 2.69. The maximum Gasteiger partial charge on any atom is 0.352 e. The molecule has 2 aromatic rings. The zero-order valence-electron chi connectivity index (χ0n) is 9.39. The van der Waals surface area contributed by atoms with E-state index < -0.39 is 5.97 Å². The Hall–Kier alpha value is -2.21. The molecule has 0 aliphatic carbocycles. The number of hydrogen-bond donors (Lipinski definition) is 1. The molecule has 86 valence electrons. The van der Waals surface area contributed by atoms with Gasteiger partial charge in [-0.25, -0.2) is 4.79 Å². The summed E-state index contributed by atoms with van der Waals surface area (Å²) in [7, 11) is 0. The van der Waals surface area contributed by atoms with Gasteiger partial charge in [0.2, 0.25) is 0 Å². The van der Waals surface area contributed by atoms with Crippen molar-refractivity contribution >= 4 is 16.9 Å². The number of carbonyl (C=O) groups is 1. The molecule has 0 radical (unpaired) electrons. The molecule has 1 aromatic heterocycles. The van der Waals surface area contributed by atoms with Gasteiger partial charge in [0.15, 0.2) is 0 Å². The highest BCUT2D eigenvalue weighted by Crippen LogP contribution is 2.20. The van der Waals surface area contributed by atoms with Gasteiger partial charge in [-0.3, -0.25) is 0 Å². The van der Waals surface area contributed by atoms with E-state index >= 15 is 0 Å². The second kappa shape index (κ2) is 4.75. The van der Waals surface area contributed by atoms with Crippen molar-refractivity contribution in [2.45, 2.75) is 19.4 Å². The van der Waals surface area contributed by atoms with Crippen LogP contribution in [0.4, 0.5) is 0 Å². The normalized spacial score (nSPS) is 10.3. The van der Waals surface area contributed by atoms with Crippen molar-refractivity contribution in [3.05, 3.63) is 36.0 Å². The molecule has 3 heteroatoms. The van der Waals surface area contributed by atoms with Crippen molar-refractivity contribution in [2.24, 2.45) is 0 Å². The van der Waals surface area contributed by atoms with Gasteiger partial charge in [-0.1, -0.05) is 18.2 Å². The van der Waals surface area contributed by atoms with Crippen molar-refractivity contribution in [1.82, 2.24) is 4.57 Å². The van der Waals surface area contributed by atoms with Gasteiger partial charge in [-0.2, -0.15) is 0 Å². The van der Waals surface area contributed by atoms with Crippen LogP contribution in [0.15, 0.2) is 30.3 Å². The number of aryl methyl sites for hydroxylation is 1. The molecule has 1 heterocycles. The van der Waals surface area contributed by atoms with E-state index in [9.17, 15) is 4.79 Å². The van der Waals surface area contributed by atoms with Gasteiger partial charge >= 0.3 is 5.97 Å². The smallest absolute Gasteiger partial charge is 0.352 e. The molecule has 0 saturated heterocycles. The lowest BCUT2D eigenvalue weighted by Crippen LogP contribution is -2.08. The van der Waals surface area contributed by atoms with E-state index in [1.54, 1.807) is 6.07 Å². The number of para-hydroxylation sites is 1. The monoisotopic (exact) mass is 227 g/mol. The molecule has 2 rings (SSSR count). The Labute approximate surface area is 99.7 Å². The Morgan fingerprint density at radius 2 is 2.18 bits per heavy atom. The number of fused-ring (bicyclic) bond motifs is 1. The quantitative estimate of drug-likeness (QED) is 0.644. The highest BCUT2D eigenvalue weighted by atomic mass is 16.4. The molecule has 0 bridgehead atoms. The maximum atomic E-state index is 11.2. The molecular weight excluding hydrogens is 214 g/mol. The van der Waals surface area contributed by atoms with E-state index in [4.69, 9.17) is 11.5 Å². The Morgan fingerprint density at radius 1 is 1.41 bits per heavy atom. The Balaban J connectivity index is 2.45. The van der Waals surface area contributed by atoms with Crippen molar-refractivity contribution in [1.29, 1.82) is 0 Å². The molecule has 0 spiro atoms. The summed E-state index contributed by atoms with van der Waals surface area (Å²) in [6.07, 6.45) is 6.65. The first-order chi connectivity index (χ1) is 8.24. The highest BCUT2D eigenvalue weighted by molar-refractivity contribution is 5.94. The lowest BCUT2D eigenvalue weighted by atomic mass is 10.2. The topological polar surface area (TPSA) is 42.2 Å². The van der Waals surface area contributed by atoms with E-state index in [1.165, 1.54) is 0 Å².